The number of pyridine rings is 1. The van der Waals surface area contributed by atoms with Crippen molar-refractivity contribution in [1.29, 1.82) is 5.26 Å². The molecule has 0 unspecified atom stereocenters. The third kappa shape index (κ3) is 2.32. The number of benzene rings is 1. The highest BCUT2D eigenvalue weighted by Crippen LogP contribution is 2.23. The molecule has 0 atom stereocenters. The van der Waals surface area contributed by atoms with Gasteiger partial charge in [0.15, 0.2) is 0 Å². The molecule has 0 aliphatic heterocycles. The van der Waals surface area contributed by atoms with Crippen LogP contribution in [0.15, 0.2) is 36.5 Å². The first-order valence-electron chi connectivity index (χ1n) is 4.88. The van der Waals surface area contributed by atoms with Crippen molar-refractivity contribution in [2.75, 3.05) is 11.1 Å². The number of nitrogens with one attached hydrogen (secondary N) is 1. The molecule has 0 amide bonds. The van der Waals surface area contributed by atoms with Gasteiger partial charge in [0.2, 0.25) is 0 Å². The van der Waals surface area contributed by atoms with Crippen molar-refractivity contribution in [3.8, 4) is 6.07 Å². The summed E-state index contributed by atoms with van der Waals surface area (Å²) in [6, 6.07) is 9.28. The van der Waals surface area contributed by atoms with Crippen LogP contribution in [0.3, 0.4) is 0 Å². The normalized spacial score (nSPS) is 9.65. The summed E-state index contributed by atoms with van der Waals surface area (Å²) in [5.41, 5.74) is 6.95. The molecular weight excluding hydrogens is 219 g/mol. The molecule has 4 nitrogen and oxygen atoms in total. The molecule has 2 rings (SSSR count). The summed E-state index contributed by atoms with van der Waals surface area (Å²) < 4.78 is 12.9. The zero-order chi connectivity index (χ0) is 12.3. The second-order valence-electron chi connectivity index (χ2n) is 3.36. The summed E-state index contributed by atoms with van der Waals surface area (Å²) >= 11 is 0. The van der Waals surface area contributed by atoms with Crippen LogP contribution in [0.25, 0.3) is 0 Å². The topological polar surface area (TPSA) is 74.7 Å². The van der Waals surface area contributed by atoms with E-state index in [9.17, 15) is 4.39 Å². The number of nitriles is 1. The van der Waals surface area contributed by atoms with Crippen molar-refractivity contribution >= 4 is 17.2 Å². The van der Waals surface area contributed by atoms with Gasteiger partial charge in [-0.15, -0.1) is 0 Å². The van der Waals surface area contributed by atoms with Gasteiger partial charge in [0.25, 0.3) is 0 Å². The van der Waals surface area contributed by atoms with Crippen LogP contribution in [0.5, 0.6) is 0 Å². The van der Waals surface area contributed by atoms with Gasteiger partial charge in [-0.2, -0.15) is 5.26 Å². The highest BCUT2D eigenvalue weighted by atomic mass is 19.1. The Balaban J connectivity index is 2.37. The van der Waals surface area contributed by atoms with E-state index in [-0.39, 0.29) is 5.56 Å². The number of hydrogen-bond acceptors (Lipinski definition) is 4. The van der Waals surface area contributed by atoms with Crippen molar-refractivity contribution in [1.82, 2.24) is 4.98 Å². The molecule has 2 aromatic rings. The van der Waals surface area contributed by atoms with Gasteiger partial charge in [0, 0.05) is 6.20 Å². The van der Waals surface area contributed by atoms with Gasteiger partial charge in [0.05, 0.1) is 16.9 Å². The molecule has 84 valence electrons. The van der Waals surface area contributed by atoms with Gasteiger partial charge < -0.3 is 11.1 Å². The smallest absolute Gasteiger partial charge is 0.147 e. The number of nitrogens with zero attached hydrogens (tertiary/aromatic N) is 2. The predicted molar refractivity (Wildman–Crippen MR) is 63.0 cm³/mol. The lowest BCUT2D eigenvalue weighted by molar-refractivity contribution is 0.627. The van der Waals surface area contributed by atoms with Crippen LogP contribution in [-0.2, 0) is 0 Å². The maximum atomic E-state index is 12.9. The van der Waals surface area contributed by atoms with E-state index in [0.717, 1.165) is 6.07 Å². The minimum Gasteiger partial charge on any atom is -0.382 e. The Bertz CT molecular complexity index is 589. The van der Waals surface area contributed by atoms with E-state index in [4.69, 9.17) is 11.0 Å². The van der Waals surface area contributed by atoms with Crippen LogP contribution in [0.2, 0.25) is 0 Å². The molecule has 0 saturated heterocycles. The van der Waals surface area contributed by atoms with Gasteiger partial charge in [-0.25, -0.2) is 9.37 Å². The molecule has 1 aromatic heterocycles. The summed E-state index contributed by atoms with van der Waals surface area (Å²) in [4.78, 5) is 3.91. The molecule has 0 bridgehead atoms. The molecule has 1 aromatic carbocycles. The molecule has 0 saturated carbocycles. The first kappa shape index (κ1) is 10.9. The number of aromatic nitrogens is 1. The number of hydrogen-bond donors (Lipinski definition) is 2. The molecule has 0 aliphatic carbocycles. The SMILES string of the molecule is N#Cc1cc(F)ccc1Nc1cccnc1N. The standard InChI is InChI=1S/C12H9FN4/c13-9-3-4-10(8(6-9)7-14)17-11-2-1-5-16-12(11)15/h1-6,17H,(H2,15,16). The average Bonchev–Trinajstić information content (AvgIpc) is 2.34. The second kappa shape index (κ2) is 4.49. The van der Waals surface area contributed by atoms with Crippen molar-refractivity contribution in [3.63, 3.8) is 0 Å². The predicted octanol–water partition coefficient (Wildman–Crippen LogP) is 2.42. The van der Waals surface area contributed by atoms with E-state index in [1.54, 1.807) is 18.3 Å². The molecule has 17 heavy (non-hydrogen) atoms. The van der Waals surface area contributed by atoms with E-state index in [0.29, 0.717) is 17.2 Å². The number of anilines is 3. The fourth-order valence-corrected chi connectivity index (χ4v) is 1.39. The van der Waals surface area contributed by atoms with E-state index in [2.05, 4.69) is 10.3 Å². The molecule has 3 N–H and O–H groups in total. The first-order valence-corrected chi connectivity index (χ1v) is 4.88. The monoisotopic (exact) mass is 228 g/mol. The summed E-state index contributed by atoms with van der Waals surface area (Å²) in [6.45, 7) is 0. The maximum absolute atomic E-state index is 12.9. The number of nitrogen functional groups attached to an aromatic ring is 1. The van der Waals surface area contributed by atoms with Gasteiger partial charge >= 0.3 is 0 Å². The van der Waals surface area contributed by atoms with Crippen molar-refractivity contribution < 1.29 is 4.39 Å². The maximum Gasteiger partial charge on any atom is 0.147 e. The average molecular weight is 228 g/mol. The van der Waals surface area contributed by atoms with Crippen LogP contribution < -0.4 is 11.1 Å². The van der Waals surface area contributed by atoms with Gasteiger partial charge in [-0.3, -0.25) is 0 Å². The van der Waals surface area contributed by atoms with Crippen molar-refractivity contribution in [2.45, 2.75) is 0 Å². The van der Waals surface area contributed by atoms with E-state index >= 15 is 0 Å². The largest absolute Gasteiger partial charge is 0.382 e. The van der Waals surface area contributed by atoms with Crippen LogP contribution in [0.1, 0.15) is 5.56 Å². The minimum absolute atomic E-state index is 0.216. The quantitative estimate of drug-likeness (QED) is 0.827. The number of rotatable bonds is 2. The molecule has 0 radical (unpaired) electrons. The summed E-state index contributed by atoms with van der Waals surface area (Å²) in [5.74, 6) is -0.132. The fourth-order valence-electron chi connectivity index (χ4n) is 1.39. The van der Waals surface area contributed by atoms with Crippen LogP contribution in [0.4, 0.5) is 21.6 Å². The molecular formula is C12H9FN4. The van der Waals surface area contributed by atoms with E-state index in [1.165, 1.54) is 12.1 Å². The Labute approximate surface area is 97.5 Å². The Morgan fingerprint density at radius 1 is 1.29 bits per heavy atom. The lowest BCUT2D eigenvalue weighted by Gasteiger charge is -2.09. The van der Waals surface area contributed by atoms with Crippen LogP contribution in [-0.4, -0.2) is 4.98 Å². The third-order valence-corrected chi connectivity index (χ3v) is 2.21. The minimum atomic E-state index is -0.453. The molecule has 1 heterocycles. The van der Waals surface area contributed by atoms with Crippen molar-refractivity contribution in [3.05, 3.63) is 47.9 Å². The fraction of sp³-hybridized carbons (Fsp3) is 0. The Morgan fingerprint density at radius 2 is 2.12 bits per heavy atom. The lowest BCUT2D eigenvalue weighted by Crippen LogP contribution is -1.99. The summed E-state index contributed by atoms with van der Waals surface area (Å²) in [7, 11) is 0. The third-order valence-electron chi connectivity index (χ3n) is 2.21. The lowest BCUT2D eigenvalue weighted by atomic mass is 10.2. The van der Waals surface area contributed by atoms with Crippen LogP contribution in [0, 0.1) is 17.1 Å². The Hall–Kier alpha value is -2.61. The Morgan fingerprint density at radius 3 is 2.82 bits per heavy atom. The van der Waals surface area contributed by atoms with Gasteiger partial charge in [-0.1, -0.05) is 0 Å². The molecule has 5 heteroatoms. The molecule has 0 aliphatic rings. The molecule has 0 spiro atoms. The van der Waals surface area contributed by atoms with E-state index < -0.39 is 5.82 Å². The van der Waals surface area contributed by atoms with Gasteiger partial charge in [0.1, 0.15) is 17.7 Å². The number of halogens is 1. The second-order valence-corrected chi connectivity index (χ2v) is 3.36. The zero-order valence-electron chi connectivity index (χ0n) is 8.81. The van der Waals surface area contributed by atoms with Crippen LogP contribution >= 0.6 is 0 Å². The van der Waals surface area contributed by atoms with E-state index in [1.807, 2.05) is 6.07 Å². The summed E-state index contributed by atoms with van der Waals surface area (Å²) in [6.07, 6.45) is 1.57. The zero-order valence-corrected chi connectivity index (χ0v) is 8.81. The highest BCUT2D eigenvalue weighted by Gasteiger charge is 2.05. The number of nitrogens with two attached hydrogens (primary N) is 1. The Kier molecular flexibility index (Phi) is 2.88. The highest BCUT2D eigenvalue weighted by molar-refractivity contribution is 5.72. The van der Waals surface area contributed by atoms with Gasteiger partial charge in [-0.05, 0) is 30.3 Å². The first-order chi connectivity index (χ1) is 8.20. The summed E-state index contributed by atoms with van der Waals surface area (Å²) in [5, 5.41) is 11.8. The van der Waals surface area contributed by atoms with Crippen molar-refractivity contribution in [2.24, 2.45) is 0 Å². The molecule has 0 fully saturated rings.